The van der Waals surface area contributed by atoms with Gasteiger partial charge in [0, 0.05) is 5.56 Å². The van der Waals surface area contributed by atoms with E-state index in [1.54, 1.807) is 12.1 Å². The number of hydrogen-bond donors (Lipinski definition) is 0. The molecule has 1 aliphatic carbocycles. The van der Waals surface area contributed by atoms with Gasteiger partial charge in [-0.25, -0.2) is 4.39 Å². The van der Waals surface area contributed by atoms with Crippen LogP contribution in [0.1, 0.15) is 16.7 Å². The monoisotopic (exact) mass is 298 g/mol. The molecule has 3 aromatic rings. The summed E-state index contributed by atoms with van der Waals surface area (Å²) in [5.74, 6) is -0.200. The van der Waals surface area contributed by atoms with Crippen molar-refractivity contribution >= 4 is 11.6 Å². The number of rotatable bonds is 2. The summed E-state index contributed by atoms with van der Waals surface area (Å²) in [7, 11) is 0. The number of hydrogen-bond acceptors (Lipinski definition) is 0. The van der Waals surface area contributed by atoms with E-state index in [0.717, 1.165) is 0 Å². The molecule has 0 fully saturated rings. The quantitative estimate of drug-likeness (QED) is 0.429. The van der Waals surface area contributed by atoms with Crippen LogP contribution in [0.5, 0.6) is 0 Å². The fourth-order valence-corrected chi connectivity index (χ4v) is 3.09. The minimum absolute atomic E-state index is 0.200. The van der Waals surface area contributed by atoms with Gasteiger partial charge in [0.25, 0.3) is 0 Å². The number of fused-ring (bicyclic) bond motifs is 3. The Morgan fingerprint density at radius 3 is 1.74 bits per heavy atom. The van der Waals surface area contributed by atoms with Gasteiger partial charge in [-0.1, -0.05) is 85.0 Å². The Labute approximate surface area is 135 Å². The molecule has 0 heterocycles. The summed E-state index contributed by atoms with van der Waals surface area (Å²) in [6, 6.07) is 23.6. The van der Waals surface area contributed by atoms with Gasteiger partial charge in [-0.05, 0) is 33.9 Å². The van der Waals surface area contributed by atoms with Crippen LogP contribution in [-0.4, -0.2) is 0 Å². The first-order chi connectivity index (χ1) is 11.3. The van der Waals surface area contributed by atoms with Gasteiger partial charge < -0.3 is 0 Å². The molecule has 0 aliphatic heterocycles. The minimum atomic E-state index is -0.200. The van der Waals surface area contributed by atoms with Crippen molar-refractivity contribution in [1.29, 1.82) is 0 Å². The Morgan fingerprint density at radius 1 is 0.609 bits per heavy atom. The van der Waals surface area contributed by atoms with E-state index < -0.39 is 0 Å². The molecule has 0 spiro atoms. The topological polar surface area (TPSA) is 0 Å². The van der Waals surface area contributed by atoms with Crippen LogP contribution in [0, 0.1) is 5.82 Å². The molecule has 0 atom stereocenters. The lowest BCUT2D eigenvalue weighted by Gasteiger charge is -2.00. The third-order valence-electron chi connectivity index (χ3n) is 4.17. The van der Waals surface area contributed by atoms with Crippen LogP contribution in [0.25, 0.3) is 22.8 Å². The second-order valence-electron chi connectivity index (χ2n) is 5.55. The number of allylic oxidation sites excluding steroid dienone is 2. The number of halogens is 1. The van der Waals surface area contributed by atoms with Gasteiger partial charge in [0.05, 0.1) is 0 Å². The van der Waals surface area contributed by atoms with E-state index >= 15 is 0 Å². The van der Waals surface area contributed by atoms with E-state index in [2.05, 4.69) is 54.6 Å². The molecule has 23 heavy (non-hydrogen) atoms. The fraction of sp³-hybridized carbons (Fsp3) is 0. The third kappa shape index (κ3) is 2.40. The van der Waals surface area contributed by atoms with E-state index in [1.807, 2.05) is 18.2 Å². The van der Waals surface area contributed by atoms with Crippen molar-refractivity contribution in [3.63, 3.8) is 0 Å². The maximum absolute atomic E-state index is 13.7. The van der Waals surface area contributed by atoms with Crippen molar-refractivity contribution in [2.45, 2.75) is 0 Å². The average molecular weight is 298 g/mol. The van der Waals surface area contributed by atoms with Gasteiger partial charge in [0.15, 0.2) is 0 Å². The molecule has 1 heteroatoms. The molecule has 0 saturated heterocycles. The normalized spacial score (nSPS) is 12.3. The molecule has 0 unspecified atom stereocenters. The zero-order chi connectivity index (χ0) is 15.6. The predicted molar refractivity (Wildman–Crippen MR) is 94.4 cm³/mol. The first kappa shape index (κ1) is 13.7. The fourth-order valence-electron chi connectivity index (χ4n) is 3.09. The highest BCUT2D eigenvalue weighted by molar-refractivity contribution is 6.01. The van der Waals surface area contributed by atoms with Crippen molar-refractivity contribution in [2.75, 3.05) is 0 Å². The lowest BCUT2D eigenvalue weighted by atomic mass is 10.0. The Morgan fingerprint density at radius 2 is 1.13 bits per heavy atom. The second-order valence-corrected chi connectivity index (χ2v) is 5.55. The molecule has 1 aliphatic rings. The highest BCUT2D eigenvalue weighted by Gasteiger charge is 2.21. The average Bonchev–Trinajstić information content (AvgIpc) is 2.91. The summed E-state index contributed by atoms with van der Waals surface area (Å²) in [6.45, 7) is 0. The molecule has 0 aromatic heterocycles. The molecule has 0 amide bonds. The molecule has 0 nitrogen and oxygen atoms in total. The number of benzene rings is 3. The Kier molecular flexibility index (Phi) is 3.39. The summed E-state index contributed by atoms with van der Waals surface area (Å²) in [5.41, 5.74) is 6.76. The Bertz CT molecular complexity index is 884. The molecule has 0 saturated carbocycles. The molecule has 0 radical (unpaired) electrons. The maximum atomic E-state index is 13.7. The van der Waals surface area contributed by atoms with Gasteiger partial charge in [0.2, 0.25) is 0 Å². The third-order valence-corrected chi connectivity index (χ3v) is 4.17. The highest BCUT2D eigenvalue weighted by atomic mass is 19.1. The SMILES string of the molecule is Fc1ccccc1C=CC=C1c2ccccc2-c2ccccc21. The first-order valence-electron chi connectivity index (χ1n) is 7.67. The van der Waals surface area contributed by atoms with Crippen molar-refractivity contribution < 1.29 is 4.39 Å². The van der Waals surface area contributed by atoms with Crippen LogP contribution in [-0.2, 0) is 0 Å². The van der Waals surface area contributed by atoms with E-state index in [1.165, 1.54) is 33.9 Å². The van der Waals surface area contributed by atoms with Gasteiger partial charge in [-0.3, -0.25) is 0 Å². The summed E-state index contributed by atoms with van der Waals surface area (Å²) in [4.78, 5) is 0. The largest absolute Gasteiger partial charge is 0.206 e. The summed E-state index contributed by atoms with van der Waals surface area (Å²) >= 11 is 0. The molecule has 0 bridgehead atoms. The van der Waals surface area contributed by atoms with Crippen LogP contribution in [0.15, 0.2) is 84.9 Å². The van der Waals surface area contributed by atoms with Crippen molar-refractivity contribution in [1.82, 2.24) is 0 Å². The summed E-state index contributed by atoms with van der Waals surface area (Å²) in [6.07, 6.45) is 5.80. The van der Waals surface area contributed by atoms with Crippen molar-refractivity contribution in [3.05, 3.63) is 107 Å². The summed E-state index contributed by atoms with van der Waals surface area (Å²) in [5, 5.41) is 0. The molecular formula is C22H15F. The van der Waals surface area contributed by atoms with E-state index in [9.17, 15) is 4.39 Å². The van der Waals surface area contributed by atoms with E-state index in [0.29, 0.717) is 5.56 Å². The predicted octanol–water partition coefficient (Wildman–Crippen LogP) is 5.95. The maximum Gasteiger partial charge on any atom is 0.130 e. The highest BCUT2D eigenvalue weighted by Crippen LogP contribution is 2.43. The molecule has 4 rings (SSSR count). The Balaban J connectivity index is 1.78. The molecule has 3 aromatic carbocycles. The van der Waals surface area contributed by atoms with Gasteiger partial charge in [0.1, 0.15) is 5.82 Å². The zero-order valence-corrected chi connectivity index (χ0v) is 12.5. The van der Waals surface area contributed by atoms with E-state index in [4.69, 9.17) is 0 Å². The van der Waals surface area contributed by atoms with Crippen molar-refractivity contribution in [3.8, 4) is 11.1 Å². The Hall–Kier alpha value is -2.93. The molecular weight excluding hydrogens is 283 g/mol. The summed E-state index contributed by atoms with van der Waals surface area (Å²) < 4.78 is 13.7. The van der Waals surface area contributed by atoms with Crippen LogP contribution < -0.4 is 0 Å². The zero-order valence-electron chi connectivity index (χ0n) is 12.5. The molecule has 0 N–H and O–H groups in total. The van der Waals surface area contributed by atoms with Gasteiger partial charge in [-0.2, -0.15) is 0 Å². The van der Waals surface area contributed by atoms with E-state index in [-0.39, 0.29) is 5.82 Å². The van der Waals surface area contributed by atoms with Gasteiger partial charge in [-0.15, -0.1) is 0 Å². The lowest BCUT2D eigenvalue weighted by Crippen LogP contribution is -1.81. The van der Waals surface area contributed by atoms with Crippen LogP contribution >= 0.6 is 0 Å². The van der Waals surface area contributed by atoms with Crippen LogP contribution in [0.3, 0.4) is 0 Å². The van der Waals surface area contributed by atoms with Crippen molar-refractivity contribution in [2.24, 2.45) is 0 Å². The van der Waals surface area contributed by atoms with Gasteiger partial charge >= 0.3 is 0 Å². The van der Waals surface area contributed by atoms with Crippen LogP contribution in [0.2, 0.25) is 0 Å². The smallest absolute Gasteiger partial charge is 0.130 e. The second kappa shape index (κ2) is 5.69. The first-order valence-corrected chi connectivity index (χ1v) is 7.67. The standard InChI is InChI=1S/C22H15F/c23-22-15-6-1-8-16(22)9-7-14-21-19-12-4-2-10-17(19)18-11-3-5-13-20(18)21/h1-15H. The molecule has 110 valence electrons. The van der Waals surface area contributed by atoms with Crippen LogP contribution in [0.4, 0.5) is 4.39 Å². The minimum Gasteiger partial charge on any atom is -0.206 e. The lowest BCUT2D eigenvalue weighted by molar-refractivity contribution is 0.625.